The molecule has 1 aliphatic heterocycles. The number of halogens is 1. The number of ether oxygens (including phenoxy) is 1. The normalized spacial score (nSPS) is 17.4. The van der Waals surface area contributed by atoms with Crippen LogP contribution in [-0.2, 0) is 16.1 Å². The molecule has 1 amide bonds. The van der Waals surface area contributed by atoms with Crippen molar-refractivity contribution in [2.75, 3.05) is 47.4 Å². The minimum absolute atomic E-state index is 0.0134. The number of hydrogen-bond donors (Lipinski definition) is 1. The molecule has 1 N–H and O–H groups in total. The second kappa shape index (κ2) is 9.77. The van der Waals surface area contributed by atoms with E-state index >= 15 is 0 Å². The fourth-order valence-corrected chi connectivity index (χ4v) is 2.78. The maximum absolute atomic E-state index is 11.9. The Morgan fingerprint density at radius 3 is 2.64 bits per heavy atom. The first-order valence-corrected chi connectivity index (χ1v) is 9.27. The number of rotatable bonds is 6. The molecule has 138 valence electrons. The third-order valence-electron chi connectivity index (χ3n) is 4.13. The molecule has 1 atom stereocenters. The average molecular weight is 411 g/mol. The zero-order valence-corrected chi connectivity index (χ0v) is 16.8. The van der Waals surface area contributed by atoms with E-state index in [2.05, 4.69) is 38.4 Å². The number of hydrogen-bond acceptors (Lipinski definition) is 3. The summed E-state index contributed by atoms with van der Waals surface area (Å²) in [6, 6.07) is 8.21. The summed E-state index contributed by atoms with van der Waals surface area (Å²) in [5.74, 6) is 1.22. The Morgan fingerprint density at radius 1 is 1.32 bits per heavy atom. The van der Waals surface area contributed by atoms with Crippen molar-refractivity contribution < 1.29 is 9.53 Å². The Morgan fingerprint density at radius 2 is 2.04 bits per heavy atom. The first-order chi connectivity index (χ1) is 12.0. The second-order valence-corrected chi connectivity index (χ2v) is 7.44. The highest BCUT2D eigenvalue weighted by Gasteiger charge is 2.17. The van der Waals surface area contributed by atoms with Gasteiger partial charge in [0.2, 0.25) is 5.91 Å². The van der Waals surface area contributed by atoms with Crippen LogP contribution in [0.25, 0.3) is 0 Å². The van der Waals surface area contributed by atoms with Gasteiger partial charge in [-0.25, -0.2) is 4.99 Å². The molecule has 1 unspecified atom stereocenters. The van der Waals surface area contributed by atoms with Gasteiger partial charge in [0.1, 0.15) is 6.54 Å². The lowest BCUT2D eigenvalue weighted by Crippen LogP contribution is -2.41. The molecule has 6 nitrogen and oxygen atoms in total. The third kappa shape index (κ3) is 6.66. The number of amides is 1. The summed E-state index contributed by atoms with van der Waals surface area (Å²) < 4.78 is 6.49. The van der Waals surface area contributed by atoms with Crippen LogP contribution in [0.5, 0.6) is 0 Å². The molecule has 1 aromatic rings. The summed E-state index contributed by atoms with van der Waals surface area (Å²) in [6.45, 7) is 3.28. The number of benzene rings is 1. The molecule has 0 saturated carbocycles. The number of nitrogens with zero attached hydrogens (tertiary/aromatic N) is 3. The zero-order valence-electron chi connectivity index (χ0n) is 15.2. The average Bonchev–Trinajstić information content (AvgIpc) is 3.10. The zero-order chi connectivity index (χ0) is 18.2. The van der Waals surface area contributed by atoms with Gasteiger partial charge < -0.3 is 19.9 Å². The Balaban J connectivity index is 2.00. The number of nitrogens with one attached hydrogen (secondary N) is 1. The Labute approximate surface area is 158 Å². The summed E-state index contributed by atoms with van der Waals surface area (Å²) >= 11 is 3.45. The van der Waals surface area contributed by atoms with E-state index in [0.29, 0.717) is 5.92 Å². The molecule has 7 heteroatoms. The first kappa shape index (κ1) is 19.7. The summed E-state index contributed by atoms with van der Waals surface area (Å²) in [5, 5.41) is 3.40. The number of guanidine groups is 1. The van der Waals surface area contributed by atoms with Gasteiger partial charge in [-0.3, -0.25) is 4.79 Å². The third-order valence-corrected chi connectivity index (χ3v) is 4.66. The topological polar surface area (TPSA) is 57.2 Å². The predicted molar refractivity (Wildman–Crippen MR) is 104 cm³/mol. The van der Waals surface area contributed by atoms with Crippen LogP contribution >= 0.6 is 15.9 Å². The van der Waals surface area contributed by atoms with Crippen LogP contribution in [-0.4, -0.2) is 69.1 Å². The van der Waals surface area contributed by atoms with Gasteiger partial charge >= 0.3 is 0 Å². The van der Waals surface area contributed by atoms with Crippen molar-refractivity contribution in [1.29, 1.82) is 0 Å². The molecular weight excluding hydrogens is 384 g/mol. The molecule has 2 rings (SSSR count). The smallest absolute Gasteiger partial charge is 0.243 e. The second-order valence-electron chi connectivity index (χ2n) is 6.52. The van der Waals surface area contributed by atoms with E-state index in [0.717, 1.165) is 43.2 Å². The van der Waals surface area contributed by atoms with E-state index in [-0.39, 0.29) is 12.5 Å². The van der Waals surface area contributed by atoms with Gasteiger partial charge in [-0.05, 0) is 24.1 Å². The molecule has 0 bridgehead atoms. The molecular formula is C18H27BrN4O2. The SMILES string of the molecule is CN(C)C(=O)CN=C(NCC1CCOC1)N(C)Cc1ccc(Br)cc1. The fraction of sp³-hybridized carbons (Fsp3) is 0.556. The van der Waals surface area contributed by atoms with E-state index in [1.807, 2.05) is 24.1 Å². The maximum atomic E-state index is 11.9. The van der Waals surface area contributed by atoms with Gasteiger partial charge in [0, 0.05) is 51.2 Å². The van der Waals surface area contributed by atoms with E-state index in [1.165, 1.54) is 5.56 Å². The summed E-state index contributed by atoms with van der Waals surface area (Å²) in [5.41, 5.74) is 1.18. The Bertz CT molecular complexity index is 583. The highest BCUT2D eigenvalue weighted by atomic mass is 79.9. The number of aliphatic imine (C=N–C) groups is 1. The highest BCUT2D eigenvalue weighted by Crippen LogP contribution is 2.13. The minimum Gasteiger partial charge on any atom is -0.381 e. The van der Waals surface area contributed by atoms with Crippen molar-refractivity contribution in [2.45, 2.75) is 13.0 Å². The Kier molecular flexibility index (Phi) is 7.71. The molecule has 0 spiro atoms. The maximum Gasteiger partial charge on any atom is 0.243 e. The number of carbonyl (C=O) groups is 1. The molecule has 25 heavy (non-hydrogen) atoms. The van der Waals surface area contributed by atoms with Gasteiger partial charge in [-0.1, -0.05) is 28.1 Å². The number of carbonyl (C=O) groups excluding carboxylic acids is 1. The lowest BCUT2D eigenvalue weighted by Gasteiger charge is -2.24. The summed E-state index contributed by atoms with van der Waals surface area (Å²) in [6.07, 6.45) is 1.06. The molecule has 1 aliphatic rings. The standard InChI is InChI=1S/C18H27BrN4O2/c1-22(2)17(24)11-21-18(20-10-15-8-9-25-13-15)23(3)12-14-4-6-16(19)7-5-14/h4-7,15H,8-13H2,1-3H3,(H,20,21). The van der Waals surface area contributed by atoms with Gasteiger partial charge in [0.05, 0.1) is 6.61 Å². The van der Waals surface area contributed by atoms with Crippen LogP contribution in [0.15, 0.2) is 33.7 Å². The molecule has 1 fully saturated rings. The lowest BCUT2D eigenvalue weighted by atomic mass is 10.1. The quantitative estimate of drug-likeness (QED) is 0.575. The molecule has 0 aliphatic carbocycles. The molecule has 1 aromatic carbocycles. The molecule has 0 aromatic heterocycles. The van der Waals surface area contributed by atoms with Crippen molar-refractivity contribution in [3.63, 3.8) is 0 Å². The fourth-order valence-electron chi connectivity index (χ4n) is 2.51. The van der Waals surface area contributed by atoms with Crippen LogP contribution in [0.1, 0.15) is 12.0 Å². The van der Waals surface area contributed by atoms with Crippen molar-refractivity contribution in [3.8, 4) is 0 Å². The van der Waals surface area contributed by atoms with Crippen molar-refractivity contribution in [3.05, 3.63) is 34.3 Å². The summed E-state index contributed by atoms with van der Waals surface area (Å²) in [4.78, 5) is 20.0. The van der Waals surface area contributed by atoms with Crippen molar-refractivity contribution in [1.82, 2.24) is 15.1 Å². The van der Waals surface area contributed by atoms with Crippen molar-refractivity contribution in [2.24, 2.45) is 10.9 Å². The molecule has 1 saturated heterocycles. The Hall–Kier alpha value is -1.60. The van der Waals surface area contributed by atoms with Crippen molar-refractivity contribution >= 4 is 27.8 Å². The van der Waals surface area contributed by atoms with Gasteiger partial charge in [-0.15, -0.1) is 0 Å². The van der Waals surface area contributed by atoms with E-state index in [9.17, 15) is 4.79 Å². The van der Waals surface area contributed by atoms with Crippen LogP contribution < -0.4 is 5.32 Å². The van der Waals surface area contributed by atoms with E-state index < -0.39 is 0 Å². The van der Waals surface area contributed by atoms with Gasteiger partial charge in [0.15, 0.2) is 5.96 Å². The molecule has 1 heterocycles. The van der Waals surface area contributed by atoms with Gasteiger partial charge in [-0.2, -0.15) is 0 Å². The largest absolute Gasteiger partial charge is 0.381 e. The van der Waals surface area contributed by atoms with Crippen LogP contribution in [0.2, 0.25) is 0 Å². The van der Waals surface area contributed by atoms with E-state index in [1.54, 1.807) is 19.0 Å². The predicted octanol–water partition coefficient (Wildman–Crippen LogP) is 1.95. The first-order valence-electron chi connectivity index (χ1n) is 8.47. The highest BCUT2D eigenvalue weighted by molar-refractivity contribution is 9.10. The van der Waals surface area contributed by atoms with Gasteiger partial charge in [0.25, 0.3) is 0 Å². The minimum atomic E-state index is -0.0134. The van der Waals surface area contributed by atoms with E-state index in [4.69, 9.17) is 4.74 Å². The number of likely N-dealkylation sites (N-methyl/N-ethyl adjacent to an activating group) is 1. The van der Waals surface area contributed by atoms with Crippen LogP contribution in [0, 0.1) is 5.92 Å². The van der Waals surface area contributed by atoms with Crippen LogP contribution in [0.4, 0.5) is 0 Å². The monoisotopic (exact) mass is 410 g/mol. The lowest BCUT2D eigenvalue weighted by molar-refractivity contribution is -0.127. The molecule has 0 radical (unpaired) electrons. The van der Waals surface area contributed by atoms with Crippen LogP contribution in [0.3, 0.4) is 0 Å². The summed E-state index contributed by atoms with van der Waals surface area (Å²) in [7, 11) is 5.47.